The van der Waals surface area contributed by atoms with E-state index in [9.17, 15) is 0 Å². The third-order valence-electron chi connectivity index (χ3n) is 6.36. The van der Waals surface area contributed by atoms with Gasteiger partial charge in [0.25, 0.3) is 0 Å². The van der Waals surface area contributed by atoms with Gasteiger partial charge in [0, 0.05) is 0 Å². The van der Waals surface area contributed by atoms with E-state index in [1.807, 2.05) is 0 Å². The van der Waals surface area contributed by atoms with Gasteiger partial charge in [-0.3, -0.25) is 0 Å². The summed E-state index contributed by atoms with van der Waals surface area (Å²) in [6, 6.07) is 0. The second kappa shape index (κ2) is 5.76. The molecule has 2 aliphatic carbocycles. The molecule has 2 aliphatic rings. The predicted octanol–water partition coefficient (Wildman–Crippen LogP) is 5.52. The fourth-order valence-electron chi connectivity index (χ4n) is 4.44. The zero-order chi connectivity index (χ0) is 12.4. The lowest BCUT2D eigenvalue weighted by atomic mass is 9.65. The van der Waals surface area contributed by atoms with Gasteiger partial charge in [-0.2, -0.15) is 0 Å². The summed E-state index contributed by atoms with van der Waals surface area (Å²) in [4.78, 5) is 0. The lowest BCUT2D eigenvalue weighted by molar-refractivity contribution is 0.0995. The Hall–Kier alpha value is 0. The van der Waals surface area contributed by atoms with Gasteiger partial charge < -0.3 is 0 Å². The van der Waals surface area contributed by atoms with Crippen LogP contribution in [0, 0.1) is 35.5 Å². The van der Waals surface area contributed by atoms with Crippen LogP contribution in [0.1, 0.15) is 72.6 Å². The minimum Gasteiger partial charge on any atom is -0.0622 e. The van der Waals surface area contributed by atoms with E-state index in [0.29, 0.717) is 0 Å². The first-order valence-electron chi connectivity index (χ1n) is 8.09. The van der Waals surface area contributed by atoms with Crippen molar-refractivity contribution in [1.29, 1.82) is 0 Å². The molecule has 0 heterocycles. The van der Waals surface area contributed by atoms with E-state index in [2.05, 4.69) is 27.7 Å². The first kappa shape index (κ1) is 13.4. The molecule has 2 fully saturated rings. The number of hydrogen-bond acceptors (Lipinski definition) is 0. The molecular formula is C17H32. The molecule has 0 spiro atoms. The molecule has 0 amide bonds. The van der Waals surface area contributed by atoms with Gasteiger partial charge >= 0.3 is 0 Å². The third-order valence-corrected chi connectivity index (χ3v) is 6.36. The second-order valence-corrected chi connectivity index (χ2v) is 7.29. The molecule has 6 atom stereocenters. The van der Waals surface area contributed by atoms with Gasteiger partial charge in [-0.05, 0) is 41.9 Å². The maximum absolute atomic E-state index is 2.52. The van der Waals surface area contributed by atoms with Crippen molar-refractivity contribution in [2.24, 2.45) is 35.5 Å². The fraction of sp³-hybridized carbons (Fsp3) is 1.00. The predicted molar refractivity (Wildman–Crippen MR) is 76.0 cm³/mol. The Morgan fingerprint density at radius 2 is 1.06 bits per heavy atom. The zero-order valence-electron chi connectivity index (χ0n) is 12.4. The van der Waals surface area contributed by atoms with Crippen LogP contribution >= 0.6 is 0 Å². The molecule has 0 bridgehead atoms. The summed E-state index contributed by atoms with van der Waals surface area (Å²) < 4.78 is 0. The van der Waals surface area contributed by atoms with Crippen LogP contribution in [0.5, 0.6) is 0 Å². The summed E-state index contributed by atoms with van der Waals surface area (Å²) >= 11 is 0. The summed E-state index contributed by atoms with van der Waals surface area (Å²) in [6.07, 6.45) is 10.5. The molecule has 2 rings (SSSR count). The molecule has 0 saturated heterocycles. The first-order chi connectivity index (χ1) is 8.09. The van der Waals surface area contributed by atoms with Crippen molar-refractivity contribution in [2.45, 2.75) is 72.6 Å². The summed E-state index contributed by atoms with van der Waals surface area (Å²) in [5.41, 5.74) is 0. The van der Waals surface area contributed by atoms with Crippen LogP contribution in [0.4, 0.5) is 0 Å². The molecule has 0 radical (unpaired) electrons. The summed E-state index contributed by atoms with van der Waals surface area (Å²) in [5.74, 6) is 5.99. The highest BCUT2D eigenvalue weighted by atomic mass is 14.4. The molecule has 100 valence electrons. The molecule has 0 heteroatoms. The van der Waals surface area contributed by atoms with Crippen LogP contribution in [0.15, 0.2) is 0 Å². The summed E-state index contributed by atoms with van der Waals surface area (Å²) in [7, 11) is 0. The lowest BCUT2D eigenvalue weighted by Crippen LogP contribution is -2.31. The second-order valence-electron chi connectivity index (χ2n) is 7.29. The third kappa shape index (κ3) is 3.06. The van der Waals surface area contributed by atoms with Gasteiger partial charge in [0.05, 0.1) is 0 Å². The molecule has 0 aromatic rings. The quantitative estimate of drug-likeness (QED) is 0.592. The Morgan fingerprint density at radius 1 is 0.647 bits per heavy atom. The summed E-state index contributed by atoms with van der Waals surface area (Å²) in [6.45, 7) is 9.99. The molecule has 2 saturated carbocycles. The van der Waals surface area contributed by atoms with Gasteiger partial charge in [0.15, 0.2) is 0 Å². The Kier molecular flexibility index (Phi) is 4.55. The van der Waals surface area contributed by atoms with E-state index < -0.39 is 0 Å². The largest absolute Gasteiger partial charge is 0.0622 e. The Morgan fingerprint density at radius 3 is 1.47 bits per heavy atom. The van der Waals surface area contributed by atoms with Crippen molar-refractivity contribution in [3.8, 4) is 0 Å². The van der Waals surface area contributed by atoms with Gasteiger partial charge in [-0.15, -0.1) is 0 Å². The van der Waals surface area contributed by atoms with Gasteiger partial charge in [0.1, 0.15) is 0 Å². The van der Waals surface area contributed by atoms with Gasteiger partial charge in [-0.25, -0.2) is 0 Å². The van der Waals surface area contributed by atoms with Crippen LogP contribution < -0.4 is 0 Å². The number of rotatable bonds is 2. The van der Waals surface area contributed by atoms with Gasteiger partial charge in [-0.1, -0.05) is 66.2 Å². The van der Waals surface area contributed by atoms with E-state index in [1.54, 1.807) is 0 Å². The van der Waals surface area contributed by atoms with Crippen molar-refractivity contribution < 1.29 is 0 Å². The zero-order valence-corrected chi connectivity index (χ0v) is 12.4. The van der Waals surface area contributed by atoms with E-state index in [-0.39, 0.29) is 0 Å². The van der Waals surface area contributed by atoms with Crippen molar-refractivity contribution >= 4 is 0 Å². The Balaban J connectivity index is 1.90. The summed E-state index contributed by atoms with van der Waals surface area (Å²) in [5, 5.41) is 0. The lowest BCUT2D eigenvalue weighted by Gasteiger charge is -2.40. The molecular weight excluding hydrogens is 204 g/mol. The first-order valence-corrected chi connectivity index (χ1v) is 8.09. The minimum absolute atomic E-state index is 0.977. The molecule has 0 N–H and O–H groups in total. The normalized spacial score (nSPS) is 48.0. The molecule has 0 aliphatic heterocycles. The van der Waals surface area contributed by atoms with Crippen molar-refractivity contribution in [2.75, 3.05) is 0 Å². The van der Waals surface area contributed by atoms with E-state index in [1.165, 1.54) is 44.9 Å². The van der Waals surface area contributed by atoms with Crippen LogP contribution in [-0.4, -0.2) is 0 Å². The van der Waals surface area contributed by atoms with Gasteiger partial charge in [0.2, 0.25) is 0 Å². The van der Waals surface area contributed by atoms with Crippen LogP contribution in [0.2, 0.25) is 0 Å². The highest BCUT2D eigenvalue weighted by Crippen LogP contribution is 2.43. The average Bonchev–Trinajstić information content (AvgIpc) is 2.31. The highest BCUT2D eigenvalue weighted by Gasteiger charge is 2.33. The van der Waals surface area contributed by atoms with Crippen molar-refractivity contribution in [3.05, 3.63) is 0 Å². The Labute approximate surface area is 109 Å². The maximum atomic E-state index is 2.52. The van der Waals surface area contributed by atoms with Crippen molar-refractivity contribution in [1.82, 2.24) is 0 Å². The van der Waals surface area contributed by atoms with Crippen LogP contribution in [-0.2, 0) is 0 Å². The molecule has 0 aromatic heterocycles. The van der Waals surface area contributed by atoms with Crippen LogP contribution in [0.25, 0.3) is 0 Å². The average molecular weight is 236 g/mol. The SMILES string of the molecule is CC1CCCC(CC2CCCC(C)C2C)C1C. The topological polar surface area (TPSA) is 0 Å². The van der Waals surface area contributed by atoms with E-state index >= 15 is 0 Å². The minimum atomic E-state index is 0.977. The smallest absolute Gasteiger partial charge is 0.0383 e. The van der Waals surface area contributed by atoms with Crippen LogP contribution in [0.3, 0.4) is 0 Å². The molecule has 17 heavy (non-hydrogen) atoms. The van der Waals surface area contributed by atoms with E-state index in [4.69, 9.17) is 0 Å². The maximum Gasteiger partial charge on any atom is -0.0383 e. The molecule has 0 aromatic carbocycles. The monoisotopic (exact) mass is 236 g/mol. The number of hydrogen-bond donors (Lipinski definition) is 0. The Bertz CT molecular complexity index is 208. The standard InChI is InChI=1S/C17H32/c1-12-7-5-9-16(14(12)3)11-17-10-6-8-13(2)15(17)4/h12-17H,5-11H2,1-4H3. The van der Waals surface area contributed by atoms with E-state index in [0.717, 1.165) is 35.5 Å². The van der Waals surface area contributed by atoms with Crippen molar-refractivity contribution in [3.63, 3.8) is 0 Å². The fourth-order valence-corrected chi connectivity index (χ4v) is 4.44. The highest BCUT2D eigenvalue weighted by molar-refractivity contribution is 4.83. The molecule has 0 nitrogen and oxygen atoms in total. The molecule has 6 unspecified atom stereocenters.